The highest BCUT2D eigenvalue weighted by atomic mass is 16.6. The van der Waals surface area contributed by atoms with Crippen LogP contribution in [0.3, 0.4) is 0 Å². The first-order valence-electron chi connectivity index (χ1n) is 18.3. The first-order chi connectivity index (χ1) is 25.6. The number of benzene rings is 1. The molecule has 15 heteroatoms. The van der Waals surface area contributed by atoms with Crippen molar-refractivity contribution in [3.63, 3.8) is 0 Å². The Hall–Kier alpha value is -2.12. The molecule has 0 bridgehead atoms. The van der Waals surface area contributed by atoms with Gasteiger partial charge in [0.05, 0.1) is 152 Å². The molecule has 0 aliphatic heterocycles. The molecule has 0 amide bonds. The molecule has 0 aromatic heterocycles. The maximum atomic E-state index is 11.9. The van der Waals surface area contributed by atoms with Crippen LogP contribution in [0.1, 0.15) is 30.6 Å². The van der Waals surface area contributed by atoms with Crippen LogP contribution in [-0.4, -0.2) is 177 Å². The first kappa shape index (κ1) is 47.9. The number of carbonyl (C=O) groups is 2. The highest BCUT2D eigenvalue weighted by molar-refractivity contribution is 6.40. The minimum atomic E-state index is -0.898. The predicted molar refractivity (Wildman–Crippen MR) is 191 cm³/mol. The lowest BCUT2D eigenvalue weighted by Crippen LogP contribution is -2.20. The predicted octanol–water partition coefficient (Wildman–Crippen LogP) is 2.66. The molecule has 15 nitrogen and oxygen atoms in total. The number of Topliss-reactive ketones (excluding diaryl/α,β-unsaturated/α-hetero) is 1. The van der Waals surface area contributed by atoms with E-state index < -0.39 is 11.8 Å². The number of esters is 1. The van der Waals surface area contributed by atoms with E-state index in [-0.39, 0.29) is 13.2 Å². The summed E-state index contributed by atoms with van der Waals surface area (Å²) in [5.41, 5.74) is 0.295. The molecule has 0 saturated heterocycles. The van der Waals surface area contributed by atoms with Gasteiger partial charge in [-0.05, 0) is 5.92 Å². The van der Waals surface area contributed by atoms with Crippen molar-refractivity contribution in [3.8, 4) is 0 Å². The Labute approximate surface area is 310 Å². The normalized spacial score (nSPS) is 12.0. The number of carbonyl (C=O) groups excluding carboxylic acids is 2. The second kappa shape index (κ2) is 38.6. The second-order valence-corrected chi connectivity index (χ2v) is 11.2. The standard InChI is InChI=1S/C37H64O15/c1-3-34(2)33-51-30-29-49-26-25-47-22-21-45-18-17-43-14-13-41-10-9-40-11-12-42-15-16-44-19-20-46-23-24-48-27-28-50-31-32-52-37(39)36(38)35-7-5-4-6-8-35/h4-8,34H,3,9-33H2,1-2H3. The van der Waals surface area contributed by atoms with E-state index in [1.54, 1.807) is 30.3 Å². The Balaban J connectivity index is 1.65. The third kappa shape index (κ3) is 32.5. The van der Waals surface area contributed by atoms with Crippen LogP contribution < -0.4 is 0 Å². The highest BCUT2D eigenvalue weighted by Crippen LogP contribution is 2.02. The maximum Gasteiger partial charge on any atom is 0.379 e. The lowest BCUT2D eigenvalue weighted by molar-refractivity contribution is -0.139. The van der Waals surface area contributed by atoms with Crippen molar-refractivity contribution in [1.82, 2.24) is 0 Å². The number of hydrogen-bond donors (Lipinski definition) is 0. The average Bonchev–Trinajstić information content (AvgIpc) is 3.17. The Morgan fingerprint density at radius 2 is 0.692 bits per heavy atom. The molecule has 0 saturated carbocycles. The van der Waals surface area contributed by atoms with Gasteiger partial charge in [0.1, 0.15) is 6.61 Å². The largest absolute Gasteiger partial charge is 0.457 e. The zero-order valence-electron chi connectivity index (χ0n) is 31.5. The minimum Gasteiger partial charge on any atom is -0.457 e. The molecule has 0 aliphatic rings. The molecule has 0 aliphatic carbocycles. The number of ketones is 1. The van der Waals surface area contributed by atoms with Crippen LogP contribution in [0.2, 0.25) is 0 Å². The van der Waals surface area contributed by atoms with Crippen molar-refractivity contribution in [1.29, 1.82) is 0 Å². The fraction of sp³-hybridized carbons (Fsp3) is 0.784. The van der Waals surface area contributed by atoms with Crippen molar-refractivity contribution >= 4 is 11.8 Å². The van der Waals surface area contributed by atoms with Crippen LogP contribution in [0.15, 0.2) is 30.3 Å². The molecular weight excluding hydrogens is 684 g/mol. The van der Waals surface area contributed by atoms with Crippen molar-refractivity contribution in [2.75, 3.05) is 165 Å². The monoisotopic (exact) mass is 748 g/mol. The van der Waals surface area contributed by atoms with Crippen LogP contribution in [0, 0.1) is 5.92 Å². The molecule has 0 N–H and O–H groups in total. The van der Waals surface area contributed by atoms with E-state index in [4.69, 9.17) is 61.6 Å². The molecule has 0 spiro atoms. The third-order valence-corrected chi connectivity index (χ3v) is 6.87. The van der Waals surface area contributed by atoms with E-state index in [9.17, 15) is 9.59 Å². The summed E-state index contributed by atoms with van der Waals surface area (Å²) >= 11 is 0. The molecule has 1 aromatic rings. The fourth-order valence-corrected chi connectivity index (χ4v) is 3.79. The smallest absolute Gasteiger partial charge is 0.379 e. The van der Waals surface area contributed by atoms with Gasteiger partial charge in [-0.25, -0.2) is 4.79 Å². The Morgan fingerprint density at radius 3 is 0.981 bits per heavy atom. The lowest BCUT2D eigenvalue weighted by atomic mass is 10.1. The number of ether oxygens (including phenoxy) is 13. The van der Waals surface area contributed by atoms with Gasteiger partial charge >= 0.3 is 5.97 Å². The molecule has 1 rings (SSSR count). The van der Waals surface area contributed by atoms with Crippen molar-refractivity contribution < 1.29 is 71.2 Å². The molecular formula is C37H64O15. The van der Waals surface area contributed by atoms with E-state index >= 15 is 0 Å². The van der Waals surface area contributed by atoms with Gasteiger partial charge in [-0.15, -0.1) is 0 Å². The molecule has 52 heavy (non-hydrogen) atoms. The summed E-state index contributed by atoms with van der Waals surface area (Å²) in [6, 6.07) is 8.26. The van der Waals surface area contributed by atoms with Crippen LogP contribution in [0.5, 0.6) is 0 Å². The van der Waals surface area contributed by atoms with Gasteiger partial charge in [0.15, 0.2) is 0 Å². The number of rotatable bonds is 41. The van der Waals surface area contributed by atoms with Crippen LogP contribution in [0.25, 0.3) is 0 Å². The van der Waals surface area contributed by atoms with Gasteiger partial charge in [-0.2, -0.15) is 0 Å². The summed E-state index contributed by atoms with van der Waals surface area (Å²) in [4.78, 5) is 23.6. The quantitative estimate of drug-likeness (QED) is 0.0417. The van der Waals surface area contributed by atoms with Crippen molar-refractivity contribution in [3.05, 3.63) is 35.9 Å². The molecule has 302 valence electrons. The van der Waals surface area contributed by atoms with E-state index in [2.05, 4.69) is 13.8 Å². The number of hydrogen-bond acceptors (Lipinski definition) is 15. The van der Waals surface area contributed by atoms with E-state index in [0.29, 0.717) is 157 Å². The van der Waals surface area contributed by atoms with Gasteiger partial charge in [0.25, 0.3) is 5.78 Å². The Kier molecular flexibility index (Phi) is 35.6. The van der Waals surface area contributed by atoms with E-state index in [1.807, 2.05) is 0 Å². The van der Waals surface area contributed by atoms with Gasteiger partial charge in [0.2, 0.25) is 0 Å². The summed E-state index contributed by atoms with van der Waals surface area (Å²) in [5, 5.41) is 0. The summed E-state index contributed by atoms with van der Waals surface area (Å²) in [6.45, 7) is 16.0. The van der Waals surface area contributed by atoms with Gasteiger partial charge in [-0.3, -0.25) is 4.79 Å². The zero-order valence-corrected chi connectivity index (χ0v) is 31.5. The third-order valence-electron chi connectivity index (χ3n) is 6.87. The summed E-state index contributed by atoms with van der Waals surface area (Å²) in [7, 11) is 0. The van der Waals surface area contributed by atoms with Gasteiger partial charge in [0, 0.05) is 12.2 Å². The van der Waals surface area contributed by atoms with Crippen LogP contribution in [-0.2, 0) is 66.4 Å². The van der Waals surface area contributed by atoms with Crippen molar-refractivity contribution in [2.45, 2.75) is 20.3 Å². The molecule has 0 fully saturated rings. The fourth-order valence-electron chi connectivity index (χ4n) is 3.79. The highest BCUT2D eigenvalue weighted by Gasteiger charge is 2.17. The molecule has 1 atom stereocenters. The summed E-state index contributed by atoms with van der Waals surface area (Å²) in [5.74, 6) is -0.984. The molecule has 0 heterocycles. The summed E-state index contributed by atoms with van der Waals surface area (Å²) in [6.07, 6.45) is 1.13. The van der Waals surface area contributed by atoms with Gasteiger partial charge in [-0.1, -0.05) is 50.6 Å². The topological polar surface area (TPSA) is 154 Å². The average molecular weight is 749 g/mol. The molecule has 1 unspecified atom stereocenters. The van der Waals surface area contributed by atoms with Gasteiger partial charge < -0.3 is 61.6 Å². The van der Waals surface area contributed by atoms with Crippen LogP contribution in [0.4, 0.5) is 0 Å². The van der Waals surface area contributed by atoms with E-state index in [0.717, 1.165) is 13.0 Å². The van der Waals surface area contributed by atoms with E-state index in [1.165, 1.54) is 0 Å². The summed E-state index contributed by atoms with van der Waals surface area (Å²) < 4.78 is 70.5. The SMILES string of the molecule is CCC(C)COCCOCCOCCOCCOCCOCCOCCOCCOCCOCCOCCOCCOC(=O)C(=O)c1ccccc1. The molecule has 0 radical (unpaired) electrons. The second-order valence-electron chi connectivity index (χ2n) is 11.2. The van der Waals surface area contributed by atoms with Crippen LogP contribution >= 0.6 is 0 Å². The Bertz CT molecular complexity index is 908. The maximum absolute atomic E-state index is 11.9. The Morgan fingerprint density at radius 1 is 0.423 bits per heavy atom. The first-order valence-corrected chi connectivity index (χ1v) is 18.3. The minimum absolute atomic E-state index is 0.00365. The lowest BCUT2D eigenvalue weighted by Gasteiger charge is -2.10. The molecule has 1 aromatic carbocycles. The van der Waals surface area contributed by atoms with Crippen molar-refractivity contribution in [2.24, 2.45) is 5.92 Å². The zero-order chi connectivity index (χ0) is 37.4.